The number of para-hydroxylation sites is 1. The molecule has 0 saturated heterocycles. The van der Waals surface area contributed by atoms with Crippen molar-refractivity contribution in [3.8, 4) is 17.1 Å². The van der Waals surface area contributed by atoms with Gasteiger partial charge in [0.05, 0.1) is 11.4 Å². The van der Waals surface area contributed by atoms with Crippen molar-refractivity contribution in [1.82, 2.24) is 14.8 Å². The molecule has 5 nitrogen and oxygen atoms in total. The first-order valence-corrected chi connectivity index (χ1v) is 10.5. The zero-order valence-electron chi connectivity index (χ0n) is 16.5. The van der Waals surface area contributed by atoms with E-state index in [-0.39, 0.29) is 11.4 Å². The van der Waals surface area contributed by atoms with Crippen LogP contribution in [0.1, 0.15) is 5.56 Å². The van der Waals surface area contributed by atoms with Gasteiger partial charge in [-0.05, 0) is 31.2 Å². The van der Waals surface area contributed by atoms with Gasteiger partial charge < -0.3 is 5.32 Å². The highest BCUT2D eigenvalue weighted by molar-refractivity contribution is 7.99. The normalized spacial score (nSPS) is 10.8. The Labute approximate surface area is 182 Å². The number of rotatable bonds is 6. The number of thioether (sulfide) groups is 1. The van der Waals surface area contributed by atoms with Gasteiger partial charge in [0.1, 0.15) is 11.6 Å². The molecule has 4 rings (SSSR count). The van der Waals surface area contributed by atoms with Crippen LogP contribution in [0.3, 0.4) is 0 Å². The first-order valence-electron chi connectivity index (χ1n) is 9.47. The number of hydrogen-bond acceptors (Lipinski definition) is 4. The molecule has 0 spiro atoms. The number of nitrogens with zero attached hydrogens (tertiary/aromatic N) is 3. The first kappa shape index (κ1) is 20.7. The Morgan fingerprint density at radius 1 is 1.00 bits per heavy atom. The number of amides is 1. The minimum absolute atomic E-state index is 0.0468. The summed E-state index contributed by atoms with van der Waals surface area (Å²) < 4.78 is 29.0. The summed E-state index contributed by atoms with van der Waals surface area (Å²) in [5.41, 5.74) is 2.67. The lowest BCUT2D eigenvalue weighted by molar-refractivity contribution is -0.113. The summed E-state index contributed by atoms with van der Waals surface area (Å²) in [5, 5.41) is 11.5. The minimum atomic E-state index is -0.700. The highest BCUT2D eigenvalue weighted by Crippen LogP contribution is 2.28. The molecule has 0 fully saturated rings. The highest BCUT2D eigenvalue weighted by atomic mass is 32.2. The summed E-state index contributed by atoms with van der Waals surface area (Å²) in [6.45, 7) is 2.01. The Morgan fingerprint density at radius 2 is 1.74 bits per heavy atom. The van der Waals surface area contributed by atoms with E-state index >= 15 is 0 Å². The number of aromatic nitrogens is 3. The van der Waals surface area contributed by atoms with Gasteiger partial charge in [0.15, 0.2) is 11.0 Å². The molecule has 156 valence electrons. The van der Waals surface area contributed by atoms with Gasteiger partial charge in [0.25, 0.3) is 0 Å². The van der Waals surface area contributed by atoms with Gasteiger partial charge in [-0.3, -0.25) is 9.36 Å². The van der Waals surface area contributed by atoms with E-state index in [9.17, 15) is 13.6 Å². The summed E-state index contributed by atoms with van der Waals surface area (Å²) >= 11 is 1.16. The van der Waals surface area contributed by atoms with Crippen LogP contribution < -0.4 is 5.32 Å². The van der Waals surface area contributed by atoms with Crippen LogP contribution in [0.5, 0.6) is 0 Å². The van der Waals surface area contributed by atoms with Gasteiger partial charge in [-0.1, -0.05) is 59.8 Å². The molecule has 1 heterocycles. The van der Waals surface area contributed by atoms with Gasteiger partial charge in [-0.25, -0.2) is 8.78 Å². The van der Waals surface area contributed by atoms with Gasteiger partial charge in [-0.15, -0.1) is 10.2 Å². The Balaban J connectivity index is 1.59. The van der Waals surface area contributed by atoms with Crippen molar-refractivity contribution in [1.29, 1.82) is 0 Å². The van der Waals surface area contributed by atoms with E-state index in [1.807, 2.05) is 66.1 Å². The third kappa shape index (κ3) is 4.80. The van der Waals surface area contributed by atoms with Crippen LogP contribution in [0.15, 0.2) is 78.0 Å². The molecule has 3 aromatic carbocycles. The van der Waals surface area contributed by atoms with Crippen molar-refractivity contribution in [2.75, 3.05) is 11.1 Å². The fourth-order valence-corrected chi connectivity index (χ4v) is 3.72. The maximum atomic E-state index is 13.8. The number of anilines is 1. The lowest BCUT2D eigenvalue weighted by Gasteiger charge is -2.11. The van der Waals surface area contributed by atoms with E-state index < -0.39 is 17.5 Å². The molecule has 0 radical (unpaired) electrons. The fourth-order valence-electron chi connectivity index (χ4n) is 2.97. The zero-order chi connectivity index (χ0) is 21.8. The molecule has 31 heavy (non-hydrogen) atoms. The Bertz CT molecular complexity index is 1210. The van der Waals surface area contributed by atoms with E-state index in [0.717, 1.165) is 46.8 Å². The third-order valence-corrected chi connectivity index (χ3v) is 5.42. The van der Waals surface area contributed by atoms with Crippen LogP contribution in [0, 0.1) is 18.6 Å². The average Bonchev–Trinajstić information content (AvgIpc) is 3.20. The zero-order valence-corrected chi connectivity index (χ0v) is 17.4. The molecule has 0 aliphatic heterocycles. The average molecular weight is 436 g/mol. The summed E-state index contributed by atoms with van der Waals surface area (Å²) in [5.74, 6) is -1.21. The molecule has 0 unspecified atom stereocenters. The molecule has 0 saturated carbocycles. The number of halogens is 2. The predicted octanol–water partition coefficient (Wildman–Crippen LogP) is 5.25. The smallest absolute Gasteiger partial charge is 0.234 e. The Hall–Kier alpha value is -3.52. The van der Waals surface area contributed by atoms with Gasteiger partial charge in [0.2, 0.25) is 5.91 Å². The number of aryl methyl sites for hydroxylation is 1. The predicted molar refractivity (Wildman–Crippen MR) is 117 cm³/mol. The molecule has 8 heteroatoms. The van der Waals surface area contributed by atoms with Gasteiger partial charge in [0, 0.05) is 17.3 Å². The molecular formula is C23H18F2N4OS. The van der Waals surface area contributed by atoms with Crippen molar-refractivity contribution < 1.29 is 13.6 Å². The van der Waals surface area contributed by atoms with Gasteiger partial charge >= 0.3 is 0 Å². The van der Waals surface area contributed by atoms with Gasteiger partial charge in [-0.2, -0.15) is 0 Å². The van der Waals surface area contributed by atoms with Crippen LogP contribution in [0.25, 0.3) is 17.1 Å². The summed E-state index contributed by atoms with van der Waals surface area (Å²) in [6, 6.07) is 20.4. The quantitative estimate of drug-likeness (QED) is 0.419. The van der Waals surface area contributed by atoms with E-state index in [4.69, 9.17) is 0 Å². The third-order valence-electron chi connectivity index (χ3n) is 4.49. The van der Waals surface area contributed by atoms with Crippen LogP contribution in [0.4, 0.5) is 14.5 Å². The number of carbonyl (C=O) groups excluding carboxylic acids is 1. The lowest BCUT2D eigenvalue weighted by atomic mass is 10.1. The van der Waals surface area contributed by atoms with E-state index in [1.165, 1.54) is 0 Å². The molecule has 0 bridgehead atoms. The van der Waals surface area contributed by atoms with Crippen molar-refractivity contribution in [2.24, 2.45) is 0 Å². The monoisotopic (exact) mass is 436 g/mol. The van der Waals surface area contributed by atoms with Crippen molar-refractivity contribution in [3.05, 3.63) is 90.0 Å². The van der Waals surface area contributed by atoms with Crippen LogP contribution in [0.2, 0.25) is 0 Å². The lowest BCUT2D eigenvalue weighted by Crippen LogP contribution is -2.15. The van der Waals surface area contributed by atoms with E-state index in [2.05, 4.69) is 15.5 Å². The largest absolute Gasteiger partial charge is 0.323 e. The van der Waals surface area contributed by atoms with Crippen LogP contribution >= 0.6 is 11.8 Å². The second-order valence-corrected chi connectivity index (χ2v) is 7.75. The van der Waals surface area contributed by atoms with E-state index in [0.29, 0.717) is 11.0 Å². The highest BCUT2D eigenvalue weighted by Gasteiger charge is 2.17. The standard InChI is InChI=1S/C23H18F2N4OS/c1-15-7-9-16(10-8-15)22-27-28-23(29(22)18-5-3-2-4-6-18)31-14-21(30)26-20-13-17(24)11-12-19(20)25/h2-13H,14H2,1H3,(H,26,30). The second-order valence-electron chi connectivity index (χ2n) is 6.80. The molecule has 1 amide bonds. The van der Waals surface area contributed by atoms with Crippen LogP contribution in [-0.4, -0.2) is 26.4 Å². The summed E-state index contributed by atoms with van der Waals surface area (Å²) in [4.78, 5) is 12.3. The van der Waals surface area contributed by atoms with Crippen LogP contribution in [-0.2, 0) is 4.79 Å². The van der Waals surface area contributed by atoms with E-state index in [1.54, 1.807) is 0 Å². The SMILES string of the molecule is Cc1ccc(-c2nnc(SCC(=O)Nc3cc(F)ccc3F)n2-c2ccccc2)cc1. The second kappa shape index (κ2) is 9.09. The molecular weight excluding hydrogens is 418 g/mol. The number of hydrogen-bond donors (Lipinski definition) is 1. The fraction of sp³-hybridized carbons (Fsp3) is 0.0870. The van der Waals surface area contributed by atoms with Crippen molar-refractivity contribution in [2.45, 2.75) is 12.1 Å². The maximum Gasteiger partial charge on any atom is 0.234 e. The summed E-state index contributed by atoms with van der Waals surface area (Å²) in [7, 11) is 0. The summed E-state index contributed by atoms with van der Waals surface area (Å²) in [6.07, 6.45) is 0. The Morgan fingerprint density at radius 3 is 2.48 bits per heavy atom. The Kier molecular flexibility index (Phi) is 6.08. The molecule has 1 N–H and O–H groups in total. The van der Waals surface area contributed by atoms with Crippen molar-refractivity contribution in [3.63, 3.8) is 0 Å². The van der Waals surface area contributed by atoms with Crippen molar-refractivity contribution >= 4 is 23.4 Å². The molecule has 1 aromatic heterocycles. The molecule has 0 atom stereocenters. The molecule has 0 aliphatic rings. The molecule has 4 aromatic rings. The maximum absolute atomic E-state index is 13.8. The number of nitrogens with one attached hydrogen (secondary N) is 1. The minimum Gasteiger partial charge on any atom is -0.323 e. The number of carbonyl (C=O) groups is 1. The first-order chi connectivity index (χ1) is 15.0. The number of benzene rings is 3. The topological polar surface area (TPSA) is 59.8 Å². The molecule has 0 aliphatic carbocycles.